The third kappa shape index (κ3) is 3.37. The fourth-order valence-electron chi connectivity index (χ4n) is 1.41. The largest absolute Gasteiger partial charge is 0.504 e. The second kappa shape index (κ2) is 6.08. The van der Waals surface area contributed by atoms with Gasteiger partial charge < -0.3 is 20.6 Å². The van der Waals surface area contributed by atoms with Crippen LogP contribution in [0.2, 0.25) is 0 Å². The Morgan fingerprint density at radius 3 is 2.56 bits per heavy atom. The molecule has 0 heterocycles. The maximum Gasteiger partial charge on any atom is 0.157 e. The average molecular weight is 290 g/mol. The van der Waals surface area contributed by atoms with Crippen molar-refractivity contribution in [2.24, 2.45) is 0 Å². The predicted octanol–water partition coefficient (Wildman–Crippen LogP) is 1.50. The monoisotopic (exact) mass is 289 g/mol. The molecule has 0 fully saturated rings. The Morgan fingerprint density at radius 1 is 1.31 bits per heavy atom. The molecule has 0 aromatic heterocycles. The second-order valence-electron chi connectivity index (χ2n) is 3.62. The lowest BCUT2D eigenvalue weighted by molar-refractivity contribution is 0.137. The van der Waals surface area contributed by atoms with E-state index >= 15 is 0 Å². The molecule has 0 bridgehead atoms. The van der Waals surface area contributed by atoms with Gasteiger partial charge in [-0.1, -0.05) is 22.0 Å². The molecule has 0 saturated heterocycles. The van der Waals surface area contributed by atoms with Gasteiger partial charge in [-0.3, -0.25) is 0 Å². The van der Waals surface area contributed by atoms with Gasteiger partial charge in [0.2, 0.25) is 0 Å². The fraction of sp³-hybridized carbons (Fsp3) is 0.455. The minimum Gasteiger partial charge on any atom is -0.504 e. The summed E-state index contributed by atoms with van der Waals surface area (Å²) in [6.07, 6.45) is -0.717. The number of phenolic OH excluding ortho intramolecular Hbond substituents is 2. The standard InChI is InChI=1S/C11H16BrNO3/c1-7(13-5-4-12)11(16)8-2-3-9(14)10(15)6-8/h2-3,6-7,11,13-16H,4-5H2,1H3. The maximum absolute atomic E-state index is 9.96. The molecule has 16 heavy (non-hydrogen) atoms. The van der Waals surface area contributed by atoms with Crippen molar-refractivity contribution in [1.82, 2.24) is 5.32 Å². The number of aliphatic hydroxyl groups is 1. The van der Waals surface area contributed by atoms with Gasteiger partial charge in [0.25, 0.3) is 0 Å². The van der Waals surface area contributed by atoms with Crippen molar-refractivity contribution in [3.63, 3.8) is 0 Å². The predicted molar refractivity (Wildman–Crippen MR) is 66.0 cm³/mol. The summed E-state index contributed by atoms with van der Waals surface area (Å²) >= 11 is 3.29. The van der Waals surface area contributed by atoms with Gasteiger partial charge in [0, 0.05) is 17.9 Å². The van der Waals surface area contributed by atoms with Crippen LogP contribution in [0.3, 0.4) is 0 Å². The zero-order valence-corrected chi connectivity index (χ0v) is 10.6. The summed E-state index contributed by atoms with van der Waals surface area (Å²) in [6, 6.07) is 4.20. The first-order chi connectivity index (χ1) is 7.56. The molecule has 4 N–H and O–H groups in total. The van der Waals surface area contributed by atoms with E-state index < -0.39 is 6.10 Å². The van der Waals surface area contributed by atoms with Crippen molar-refractivity contribution in [3.05, 3.63) is 23.8 Å². The Kier molecular flexibility index (Phi) is 5.05. The fourth-order valence-corrected chi connectivity index (χ4v) is 1.64. The van der Waals surface area contributed by atoms with Crippen LogP contribution < -0.4 is 5.32 Å². The van der Waals surface area contributed by atoms with E-state index in [1.165, 1.54) is 12.1 Å². The van der Waals surface area contributed by atoms with Crippen molar-refractivity contribution >= 4 is 15.9 Å². The lowest BCUT2D eigenvalue weighted by Gasteiger charge is -2.20. The van der Waals surface area contributed by atoms with Crippen molar-refractivity contribution in [3.8, 4) is 11.5 Å². The van der Waals surface area contributed by atoms with Crippen LogP contribution in [-0.2, 0) is 0 Å². The number of phenols is 2. The van der Waals surface area contributed by atoms with E-state index in [9.17, 15) is 10.2 Å². The number of benzene rings is 1. The summed E-state index contributed by atoms with van der Waals surface area (Å²) in [5, 5.41) is 32.4. The van der Waals surface area contributed by atoms with Crippen molar-refractivity contribution in [2.75, 3.05) is 11.9 Å². The van der Waals surface area contributed by atoms with Gasteiger partial charge >= 0.3 is 0 Å². The summed E-state index contributed by atoms with van der Waals surface area (Å²) in [6.45, 7) is 2.61. The SMILES string of the molecule is CC(NCCBr)C(O)c1ccc(O)c(O)c1. The topological polar surface area (TPSA) is 72.7 Å². The molecule has 0 aliphatic heterocycles. The number of rotatable bonds is 5. The molecule has 0 aliphatic rings. The molecule has 0 radical (unpaired) electrons. The van der Waals surface area contributed by atoms with Gasteiger partial charge in [0.15, 0.2) is 11.5 Å². The summed E-state index contributed by atoms with van der Waals surface area (Å²) in [4.78, 5) is 0. The maximum atomic E-state index is 9.96. The van der Waals surface area contributed by atoms with Gasteiger partial charge in [-0.15, -0.1) is 0 Å². The molecule has 5 heteroatoms. The number of hydrogen-bond acceptors (Lipinski definition) is 4. The van der Waals surface area contributed by atoms with E-state index in [2.05, 4.69) is 21.2 Å². The Hall–Kier alpha value is -0.780. The third-order valence-corrected chi connectivity index (χ3v) is 2.77. The van der Waals surface area contributed by atoms with Crippen LogP contribution in [0.25, 0.3) is 0 Å². The van der Waals surface area contributed by atoms with Gasteiger partial charge in [-0.2, -0.15) is 0 Å². The van der Waals surface area contributed by atoms with Crippen LogP contribution in [-0.4, -0.2) is 33.2 Å². The Morgan fingerprint density at radius 2 is 2.00 bits per heavy atom. The molecule has 2 atom stereocenters. The van der Waals surface area contributed by atoms with Crippen molar-refractivity contribution in [2.45, 2.75) is 19.1 Å². The number of alkyl halides is 1. The van der Waals surface area contributed by atoms with E-state index in [1.807, 2.05) is 6.92 Å². The average Bonchev–Trinajstić information content (AvgIpc) is 2.28. The van der Waals surface area contributed by atoms with E-state index in [4.69, 9.17) is 5.11 Å². The highest BCUT2D eigenvalue weighted by Gasteiger charge is 2.16. The lowest BCUT2D eigenvalue weighted by Crippen LogP contribution is -2.33. The van der Waals surface area contributed by atoms with Crippen LogP contribution in [0.1, 0.15) is 18.6 Å². The minimum atomic E-state index is -0.717. The van der Waals surface area contributed by atoms with Gasteiger partial charge in [-0.25, -0.2) is 0 Å². The number of aliphatic hydroxyl groups excluding tert-OH is 1. The highest BCUT2D eigenvalue weighted by Crippen LogP contribution is 2.28. The molecule has 2 unspecified atom stereocenters. The van der Waals surface area contributed by atoms with Crippen molar-refractivity contribution in [1.29, 1.82) is 0 Å². The molecular weight excluding hydrogens is 274 g/mol. The molecule has 1 aromatic carbocycles. The van der Waals surface area contributed by atoms with Crippen LogP contribution in [0.15, 0.2) is 18.2 Å². The Balaban J connectivity index is 2.71. The second-order valence-corrected chi connectivity index (χ2v) is 4.42. The Labute approximate surface area is 103 Å². The Bertz CT molecular complexity index is 346. The van der Waals surface area contributed by atoms with E-state index in [0.717, 1.165) is 11.9 Å². The quantitative estimate of drug-likeness (QED) is 0.490. The lowest BCUT2D eigenvalue weighted by atomic mass is 10.0. The number of hydrogen-bond donors (Lipinski definition) is 4. The van der Waals surface area contributed by atoms with Gasteiger partial charge in [-0.05, 0) is 24.6 Å². The van der Waals surface area contributed by atoms with Crippen molar-refractivity contribution < 1.29 is 15.3 Å². The molecule has 0 aliphatic carbocycles. The van der Waals surface area contributed by atoms with Crippen LogP contribution in [0.5, 0.6) is 11.5 Å². The third-order valence-electron chi connectivity index (χ3n) is 2.38. The number of nitrogens with one attached hydrogen (secondary N) is 1. The van der Waals surface area contributed by atoms with Gasteiger partial charge in [0.05, 0.1) is 6.10 Å². The first-order valence-electron chi connectivity index (χ1n) is 5.05. The summed E-state index contributed by atoms with van der Waals surface area (Å²) in [5.74, 6) is -0.402. The summed E-state index contributed by atoms with van der Waals surface area (Å²) < 4.78 is 0. The molecule has 0 amide bonds. The first-order valence-corrected chi connectivity index (χ1v) is 6.17. The zero-order valence-electron chi connectivity index (χ0n) is 9.02. The number of aromatic hydroxyl groups is 2. The summed E-state index contributed by atoms with van der Waals surface area (Å²) in [5.41, 5.74) is 0.574. The molecule has 0 saturated carbocycles. The molecular formula is C11H16BrNO3. The number of halogens is 1. The first kappa shape index (κ1) is 13.3. The highest BCUT2D eigenvalue weighted by molar-refractivity contribution is 9.09. The van der Waals surface area contributed by atoms with E-state index in [1.54, 1.807) is 6.07 Å². The van der Waals surface area contributed by atoms with Crippen LogP contribution in [0, 0.1) is 0 Å². The van der Waals surface area contributed by atoms with E-state index in [0.29, 0.717) is 5.56 Å². The molecule has 90 valence electrons. The smallest absolute Gasteiger partial charge is 0.157 e. The van der Waals surface area contributed by atoms with Gasteiger partial charge in [0.1, 0.15) is 0 Å². The molecule has 1 rings (SSSR count). The van der Waals surface area contributed by atoms with Crippen LogP contribution >= 0.6 is 15.9 Å². The minimum absolute atomic E-state index is 0.124. The molecule has 4 nitrogen and oxygen atoms in total. The molecule has 0 spiro atoms. The van der Waals surface area contributed by atoms with E-state index in [-0.39, 0.29) is 17.5 Å². The highest BCUT2D eigenvalue weighted by atomic mass is 79.9. The summed E-state index contributed by atoms with van der Waals surface area (Å²) in [7, 11) is 0. The molecule has 1 aromatic rings. The normalized spacial score (nSPS) is 14.7. The zero-order chi connectivity index (χ0) is 12.1. The van der Waals surface area contributed by atoms with Crippen LogP contribution in [0.4, 0.5) is 0 Å².